The predicted octanol–water partition coefficient (Wildman–Crippen LogP) is 1.69. The first-order valence-corrected chi connectivity index (χ1v) is 5.34. The Hall–Kier alpha value is -2.14. The first-order chi connectivity index (χ1) is 8.28. The van der Waals surface area contributed by atoms with Gasteiger partial charge in [0.15, 0.2) is 12.0 Å². The highest BCUT2D eigenvalue weighted by molar-refractivity contribution is 5.79. The molecule has 86 valence electrons. The number of hydrogen-bond donors (Lipinski definition) is 1. The Kier molecular flexibility index (Phi) is 2.19. The molecule has 5 heteroatoms. The van der Waals surface area contributed by atoms with E-state index in [-0.39, 0.29) is 0 Å². The minimum atomic E-state index is 0.443. The first-order valence-electron chi connectivity index (χ1n) is 5.34. The lowest BCUT2D eigenvalue weighted by Crippen LogP contribution is -1.98. The summed E-state index contributed by atoms with van der Waals surface area (Å²) in [5, 5.41) is 4.32. The van der Waals surface area contributed by atoms with E-state index < -0.39 is 0 Å². The minimum Gasteiger partial charge on any atom is -0.443 e. The molecule has 0 aliphatic rings. The maximum atomic E-state index is 5.58. The van der Waals surface area contributed by atoms with Crippen LogP contribution in [0.2, 0.25) is 0 Å². The molecule has 1 aromatic carbocycles. The second-order valence-corrected chi connectivity index (χ2v) is 3.88. The van der Waals surface area contributed by atoms with Gasteiger partial charge in [0.25, 0.3) is 0 Å². The quantitative estimate of drug-likeness (QED) is 0.724. The fourth-order valence-corrected chi connectivity index (χ4v) is 1.91. The van der Waals surface area contributed by atoms with Crippen LogP contribution in [0.4, 0.5) is 0 Å². The van der Waals surface area contributed by atoms with Crippen LogP contribution in [0.5, 0.6) is 0 Å². The van der Waals surface area contributed by atoms with Crippen LogP contribution < -0.4 is 5.73 Å². The van der Waals surface area contributed by atoms with Crippen molar-refractivity contribution in [3.8, 4) is 11.3 Å². The van der Waals surface area contributed by atoms with E-state index >= 15 is 0 Å². The highest BCUT2D eigenvalue weighted by atomic mass is 16.3. The SMILES string of the molecule is Cn1nc(CN)cc1-c1ccc2ncoc2c1. The van der Waals surface area contributed by atoms with Crippen LogP contribution in [0.3, 0.4) is 0 Å². The molecule has 3 aromatic rings. The summed E-state index contributed by atoms with van der Waals surface area (Å²) in [5.74, 6) is 0. The van der Waals surface area contributed by atoms with Gasteiger partial charge >= 0.3 is 0 Å². The molecular formula is C12H12N4O. The molecule has 0 bridgehead atoms. The summed E-state index contributed by atoms with van der Waals surface area (Å²) >= 11 is 0. The molecule has 17 heavy (non-hydrogen) atoms. The van der Waals surface area contributed by atoms with Crippen LogP contribution >= 0.6 is 0 Å². The predicted molar refractivity (Wildman–Crippen MR) is 64.1 cm³/mol. The van der Waals surface area contributed by atoms with E-state index in [1.807, 2.05) is 36.0 Å². The number of nitrogens with two attached hydrogens (primary N) is 1. The van der Waals surface area contributed by atoms with Crippen molar-refractivity contribution in [3.63, 3.8) is 0 Å². The van der Waals surface area contributed by atoms with E-state index in [1.54, 1.807) is 0 Å². The smallest absolute Gasteiger partial charge is 0.181 e. The van der Waals surface area contributed by atoms with Crippen LogP contribution in [0.1, 0.15) is 5.69 Å². The molecule has 2 N–H and O–H groups in total. The molecule has 0 aliphatic carbocycles. The van der Waals surface area contributed by atoms with Gasteiger partial charge < -0.3 is 10.2 Å². The van der Waals surface area contributed by atoms with Crippen molar-refractivity contribution >= 4 is 11.1 Å². The topological polar surface area (TPSA) is 69.9 Å². The van der Waals surface area contributed by atoms with Gasteiger partial charge in [-0.1, -0.05) is 6.07 Å². The Labute approximate surface area is 97.9 Å². The molecule has 0 saturated carbocycles. The Morgan fingerprint density at radius 3 is 3.00 bits per heavy atom. The third-order valence-corrected chi connectivity index (χ3v) is 2.77. The average molecular weight is 228 g/mol. The maximum absolute atomic E-state index is 5.58. The van der Waals surface area contributed by atoms with Crippen molar-refractivity contribution in [1.82, 2.24) is 14.8 Å². The molecule has 0 fully saturated rings. The van der Waals surface area contributed by atoms with Crippen molar-refractivity contribution < 1.29 is 4.42 Å². The van der Waals surface area contributed by atoms with E-state index in [9.17, 15) is 0 Å². The molecule has 5 nitrogen and oxygen atoms in total. The van der Waals surface area contributed by atoms with Crippen LogP contribution in [0.25, 0.3) is 22.4 Å². The summed E-state index contributed by atoms with van der Waals surface area (Å²) in [6, 6.07) is 7.88. The number of nitrogens with zero attached hydrogens (tertiary/aromatic N) is 3. The molecule has 3 rings (SSSR count). The number of aromatic nitrogens is 3. The number of aryl methyl sites for hydroxylation is 1. The summed E-state index contributed by atoms with van der Waals surface area (Å²) in [4.78, 5) is 4.09. The molecule has 2 aromatic heterocycles. The fraction of sp³-hybridized carbons (Fsp3) is 0.167. The zero-order valence-corrected chi connectivity index (χ0v) is 9.42. The van der Waals surface area contributed by atoms with Crippen molar-refractivity contribution in [2.45, 2.75) is 6.54 Å². The number of hydrogen-bond acceptors (Lipinski definition) is 4. The summed E-state index contributed by atoms with van der Waals surface area (Å²) in [6.45, 7) is 0.443. The highest BCUT2D eigenvalue weighted by Gasteiger charge is 2.08. The fourth-order valence-electron chi connectivity index (χ4n) is 1.91. The Morgan fingerprint density at radius 1 is 1.35 bits per heavy atom. The first kappa shape index (κ1) is 10.0. The standard InChI is InChI=1S/C12H12N4O/c1-16-11(5-9(6-13)15-16)8-2-3-10-12(4-8)17-7-14-10/h2-5,7H,6,13H2,1H3. The van der Waals surface area contributed by atoms with E-state index in [1.165, 1.54) is 6.39 Å². The summed E-state index contributed by atoms with van der Waals surface area (Å²) < 4.78 is 7.11. The van der Waals surface area contributed by atoms with Gasteiger partial charge in [0, 0.05) is 19.2 Å². The van der Waals surface area contributed by atoms with Crippen molar-refractivity contribution in [2.24, 2.45) is 12.8 Å². The van der Waals surface area contributed by atoms with Crippen molar-refractivity contribution in [1.29, 1.82) is 0 Å². The van der Waals surface area contributed by atoms with Gasteiger partial charge in [-0.15, -0.1) is 0 Å². The van der Waals surface area contributed by atoms with E-state index in [0.717, 1.165) is 28.1 Å². The largest absolute Gasteiger partial charge is 0.443 e. The van der Waals surface area contributed by atoms with Gasteiger partial charge in [-0.25, -0.2) is 4.98 Å². The molecule has 0 atom stereocenters. The number of oxazole rings is 1. The third-order valence-electron chi connectivity index (χ3n) is 2.77. The number of fused-ring (bicyclic) bond motifs is 1. The summed E-state index contributed by atoms with van der Waals surface area (Å²) in [7, 11) is 1.90. The van der Waals surface area contributed by atoms with Crippen LogP contribution in [-0.2, 0) is 13.6 Å². The van der Waals surface area contributed by atoms with Gasteiger partial charge in [0.2, 0.25) is 0 Å². The van der Waals surface area contributed by atoms with Crippen molar-refractivity contribution in [2.75, 3.05) is 0 Å². The maximum Gasteiger partial charge on any atom is 0.181 e. The van der Waals surface area contributed by atoms with Crippen LogP contribution in [0.15, 0.2) is 35.1 Å². The van der Waals surface area contributed by atoms with E-state index in [4.69, 9.17) is 10.2 Å². The van der Waals surface area contributed by atoms with Crippen molar-refractivity contribution in [3.05, 3.63) is 36.4 Å². The molecule has 0 saturated heterocycles. The van der Waals surface area contributed by atoms with Gasteiger partial charge in [-0.2, -0.15) is 5.10 Å². The number of rotatable bonds is 2. The molecule has 0 spiro atoms. The lowest BCUT2D eigenvalue weighted by Gasteiger charge is -2.00. The average Bonchev–Trinajstić information content (AvgIpc) is 2.93. The highest BCUT2D eigenvalue weighted by Crippen LogP contribution is 2.24. The molecular weight excluding hydrogens is 216 g/mol. The Bertz CT molecular complexity index is 668. The monoisotopic (exact) mass is 228 g/mol. The zero-order valence-electron chi connectivity index (χ0n) is 9.42. The normalized spacial score (nSPS) is 11.2. The van der Waals surface area contributed by atoms with E-state index in [0.29, 0.717) is 6.54 Å². The van der Waals surface area contributed by atoms with Gasteiger partial charge in [0.1, 0.15) is 5.52 Å². The molecule has 0 aliphatic heterocycles. The van der Waals surface area contributed by atoms with Gasteiger partial charge in [0.05, 0.1) is 11.4 Å². The van der Waals surface area contributed by atoms with E-state index in [2.05, 4.69) is 10.1 Å². The molecule has 2 heterocycles. The number of benzene rings is 1. The minimum absolute atomic E-state index is 0.443. The second kappa shape index (κ2) is 3.71. The second-order valence-electron chi connectivity index (χ2n) is 3.88. The van der Waals surface area contributed by atoms with Crippen LogP contribution in [-0.4, -0.2) is 14.8 Å². The third kappa shape index (κ3) is 1.60. The van der Waals surface area contributed by atoms with Crippen LogP contribution in [0, 0.1) is 0 Å². The molecule has 0 amide bonds. The van der Waals surface area contributed by atoms with Gasteiger partial charge in [-0.05, 0) is 18.2 Å². The molecule has 0 unspecified atom stereocenters. The summed E-state index contributed by atoms with van der Waals surface area (Å²) in [6.07, 6.45) is 1.45. The lowest BCUT2D eigenvalue weighted by atomic mass is 10.1. The lowest BCUT2D eigenvalue weighted by molar-refractivity contribution is 0.602. The Morgan fingerprint density at radius 2 is 2.24 bits per heavy atom. The summed E-state index contributed by atoms with van der Waals surface area (Å²) in [5.41, 5.74) is 10.1. The zero-order chi connectivity index (χ0) is 11.8. The van der Waals surface area contributed by atoms with Gasteiger partial charge in [-0.3, -0.25) is 4.68 Å². The molecule has 0 radical (unpaired) electrons. The Balaban J connectivity index is 2.15.